The van der Waals surface area contributed by atoms with Crippen LogP contribution in [0.15, 0.2) is 30.6 Å². The van der Waals surface area contributed by atoms with E-state index in [0.717, 1.165) is 11.5 Å². The van der Waals surface area contributed by atoms with Gasteiger partial charge in [-0.3, -0.25) is 0 Å². The van der Waals surface area contributed by atoms with Crippen molar-refractivity contribution in [2.75, 3.05) is 19.0 Å². The molecule has 0 saturated carbocycles. The molecular weight excluding hydrogens is 214 g/mol. The molecule has 2 aromatic rings. The number of nitrogens with zero attached hydrogens (tertiary/aromatic N) is 5. The lowest BCUT2D eigenvalue weighted by atomic mass is 10.3. The van der Waals surface area contributed by atoms with Gasteiger partial charge >= 0.3 is 0 Å². The van der Waals surface area contributed by atoms with Gasteiger partial charge in [0, 0.05) is 26.5 Å². The highest BCUT2D eigenvalue weighted by molar-refractivity contribution is 5.37. The molecule has 0 atom stereocenters. The molecule has 17 heavy (non-hydrogen) atoms. The third-order valence-electron chi connectivity index (χ3n) is 2.40. The van der Waals surface area contributed by atoms with Gasteiger partial charge in [0.2, 0.25) is 5.82 Å². The monoisotopic (exact) mass is 227 g/mol. The minimum Gasteiger partial charge on any atom is -0.363 e. The van der Waals surface area contributed by atoms with Crippen LogP contribution in [-0.4, -0.2) is 28.6 Å². The van der Waals surface area contributed by atoms with Crippen molar-refractivity contribution < 1.29 is 0 Å². The van der Waals surface area contributed by atoms with Crippen LogP contribution in [0.4, 0.5) is 5.82 Å². The fourth-order valence-electron chi connectivity index (χ4n) is 1.53. The van der Waals surface area contributed by atoms with Gasteiger partial charge in [-0.1, -0.05) is 6.07 Å². The van der Waals surface area contributed by atoms with E-state index in [1.54, 1.807) is 17.0 Å². The lowest BCUT2D eigenvalue weighted by Gasteiger charge is -2.12. The summed E-state index contributed by atoms with van der Waals surface area (Å²) >= 11 is 0. The van der Waals surface area contributed by atoms with Crippen LogP contribution in [-0.2, 0) is 6.54 Å². The van der Waals surface area contributed by atoms with E-state index in [-0.39, 0.29) is 0 Å². The average molecular weight is 227 g/mol. The van der Waals surface area contributed by atoms with E-state index in [1.165, 1.54) is 0 Å². The lowest BCUT2D eigenvalue weighted by molar-refractivity contribution is 0.758. The van der Waals surface area contributed by atoms with E-state index < -0.39 is 0 Å². The molecule has 2 rings (SSSR count). The fraction of sp³-hybridized carbons (Fsp3) is 0.250. The van der Waals surface area contributed by atoms with E-state index >= 15 is 0 Å². The second kappa shape index (κ2) is 4.66. The first-order chi connectivity index (χ1) is 8.20. The van der Waals surface area contributed by atoms with Gasteiger partial charge in [0.15, 0.2) is 0 Å². The largest absolute Gasteiger partial charge is 0.363 e. The number of pyridine rings is 1. The summed E-state index contributed by atoms with van der Waals surface area (Å²) in [5.41, 5.74) is 0.908. The number of anilines is 1. The maximum atomic E-state index is 8.87. The molecule has 0 aliphatic heterocycles. The zero-order chi connectivity index (χ0) is 12.3. The van der Waals surface area contributed by atoms with Crippen LogP contribution in [0.1, 0.15) is 11.5 Å². The summed E-state index contributed by atoms with van der Waals surface area (Å²) in [5.74, 6) is 1.31. The molecule has 0 spiro atoms. The Kier molecular flexibility index (Phi) is 3.06. The lowest BCUT2D eigenvalue weighted by Crippen LogP contribution is -2.12. The van der Waals surface area contributed by atoms with Crippen molar-refractivity contribution in [2.24, 2.45) is 0 Å². The van der Waals surface area contributed by atoms with Crippen molar-refractivity contribution in [1.29, 1.82) is 5.26 Å². The zero-order valence-electron chi connectivity index (χ0n) is 9.83. The molecule has 86 valence electrons. The minimum absolute atomic E-state index is 0.405. The van der Waals surface area contributed by atoms with E-state index in [9.17, 15) is 0 Å². The molecule has 0 fully saturated rings. The first kappa shape index (κ1) is 11.1. The topological polar surface area (TPSA) is 57.7 Å². The van der Waals surface area contributed by atoms with Gasteiger partial charge in [-0.2, -0.15) is 5.26 Å². The van der Waals surface area contributed by atoms with Crippen LogP contribution in [0.25, 0.3) is 0 Å². The number of aromatic nitrogens is 3. The van der Waals surface area contributed by atoms with Gasteiger partial charge < -0.3 is 9.47 Å². The molecule has 0 amide bonds. The molecule has 0 radical (unpaired) electrons. The Balaban J connectivity index is 2.25. The predicted octanol–water partition coefficient (Wildman–Crippen LogP) is 1.26. The second-order valence-corrected chi connectivity index (χ2v) is 3.87. The Bertz CT molecular complexity index is 550. The second-order valence-electron chi connectivity index (χ2n) is 3.87. The third-order valence-corrected chi connectivity index (χ3v) is 2.40. The van der Waals surface area contributed by atoms with Crippen molar-refractivity contribution in [1.82, 2.24) is 14.5 Å². The summed E-state index contributed by atoms with van der Waals surface area (Å²) in [7, 11) is 3.90. The Morgan fingerprint density at radius 1 is 1.41 bits per heavy atom. The molecule has 2 heterocycles. The van der Waals surface area contributed by atoms with Gasteiger partial charge in [-0.05, 0) is 12.1 Å². The van der Waals surface area contributed by atoms with Gasteiger partial charge in [-0.15, -0.1) is 0 Å². The van der Waals surface area contributed by atoms with Crippen LogP contribution in [0.2, 0.25) is 0 Å². The van der Waals surface area contributed by atoms with Crippen molar-refractivity contribution >= 4 is 5.82 Å². The number of hydrogen-bond donors (Lipinski definition) is 0. The Morgan fingerprint density at radius 3 is 2.94 bits per heavy atom. The molecule has 2 aromatic heterocycles. The number of imidazole rings is 1. The van der Waals surface area contributed by atoms with Crippen molar-refractivity contribution in [2.45, 2.75) is 6.54 Å². The van der Waals surface area contributed by atoms with Crippen LogP contribution < -0.4 is 4.90 Å². The highest BCUT2D eigenvalue weighted by Crippen LogP contribution is 2.09. The summed E-state index contributed by atoms with van der Waals surface area (Å²) in [4.78, 5) is 10.4. The van der Waals surface area contributed by atoms with Crippen molar-refractivity contribution in [3.8, 4) is 6.07 Å². The normalized spacial score (nSPS) is 9.94. The van der Waals surface area contributed by atoms with Gasteiger partial charge in [-0.25, -0.2) is 9.97 Å². The van der Waals surface area contributed by atoms with E-state index in [4.69, 9.17) is 5.26 Å². The summed E-state index contributed by atoms with van der Waals surface area (Å²) in [6.45, 7) is 0.560. The SMILES string of the molecule is CN(C)c1cccc(Cn2ccnc2C#N)n1. The van der Waals surface area contributed by atoms with Gasteiger partial charge in [0.1, 0.15) is 11.9 Å². The minimum atomic E-state index is 0.405. The summed E-state index contributed by atoms with van der Waals surface area (Å²) in [6, 6.07) is 7.89. The van der Waals surface area contributed by atoms with E-state index in [1.807, 2.05) is 43.3 Å². The van der Waals surface area contributed by atoms with Crippen LogP contribution in [0.3, 0.4) is 0 Å². The zero-order valence-corrected chi connectivity index (χ0v) is 9.83. The molecule has 0 bridgehead atoms. The summed E-state index contributed by atoms with van der Waals surface area (Å²) < 4.78 is 1.78. The standard InChI is InChI=1S/C12H13N5/c1-16(2)11-5-3-4-10(15-11)9-17-7-6-14-12(17)8-13/h3-7H,9H2,1-2H3. The van der Waals surface area contributed by atoms with Crippen molar-refractivity contribution in [3.05, 3.63) is 42.1 Å². The first-order valence-corrected chi connectivity index (χ1v) is 5.25. The molecule has 0 aromatic carbocycles. The van der Waals surface area contributed by atoms with Crippen LogP contribution >= 0.6 is 0 Å². The van der Waals surface area contributed by atoms with Crippen LogP contribution in [0, 0.1) is 11.3 Å². The quantitative estimate of drug-likeness (QED) is 0.792. The molecule has 0 aliphatic rings. The third kappa shape index (κ3) is 2.42. The number of nitriles is 1. The highest BCUT2D eigenvalue weighted by Gasteiger charge is 2.04. The molecule has 0 N–H and O–H groups in total. The predicted molar refractivity (Wildman–Crippen MR) is 64.6 cm³/mol. The summed E-state index contributed by atoms with van der Waals surface area (Å²) in [5, 5.41) is 8.87. The summed E-state index contributed by atoms with van der Waals surface area (Å²) in [6.07, 6.45) is 3.40. The van der Waals surface area contributed by atoms with Crippen LogP contribution in [0.5, 0.6) is 0 Å². The maximum Gasteiger partial charge on any atom is 0.213 e. The van der Waals surface area contributed by atoms with Crippen molar-refractivity contribution in [3.63, 3.8) is 0 Å². The molecule has 0 aliphatic carbocycles. The molecule has 5 nitrogen and oxygen atoms in total. The first-order valence-electron chi connectivity index (χ1n) is 5.25. The number of rotatable bonds is 3. The Labute approximate surface area is 100.0 Å². The molecule has 0 unspecified atom stereocenters. The van der Waals surface area contributed by atoms with E-state index in [2.05, 4.69) is 9.97 Å². The average Bonchev–Trinajstić information content (AvgIpc) is 2.76. The number of hydrogen-bond acceptors (Lipinski definition) is 4. The van der Waals surface area contributed by atoms with Gasteiger partial charge in [0.05, 0.1) is 12.2 Å². The highest BCUT2D eigenvalue weighted by atomic mass is 15.1. The smallest absolute Gasteiger partial charge is 0.213 e. The molecular formula is C12H13N5. The maximum absolute atomic E-state index is 8.87. The Hall–Kier alpha value is -2.35. The van der Waals surface area contributed by atoms with E-state index in [0.29, 0.717) is 12.4 Å². The molecule has 5 heteroatoms. The van der Waals surface area contributed by atoms with Gasteiger partial charge in [0.25, 0.3) is 0 Å². The fourth-order valence-corrected chi connectivity index (χ4v) is 1.53. The molecule has 0 saturated heterocycles. The Morgan fingerprint density at radius 2 is 2.24 bits per heavy atom.